The van der Waals surface area contributed by atoms with E-state index in [2.05, 4.69) is 0 Å². The Hall–Kier alpha value is -2.64. The van der Waals surface area contributed by atoms with Gasteiger partial charge >= 0.3 is 0 Å². The molecule has 37 heavy (non-hydrogen) atoms. The van der Waals surface area contributed by atoms with Gasteiger partial charge < -0.3 is 4.74 Å². The van der Waals surface area contributed by atoms with Crippen molar-refractivity contribution >= 4 is 75.9 Å². The highest BCUT2D eigenvalue weighted by molar-refractivity contribution is 8.22. The molecule has 0 aliphatic rings. The fourth-order valence-corrected chi connectivity index (χ4v) is 5.87. The first-order valence-electron chi connectivity index (χ1n) is 11.6. The summed E-state index contributed by atoms with van der Waals surface area (Å²) in [5.74, 6) is 1.37. The summed E-state index contributed by atoms with van der Waals surface area (Å²) in [5.41, 5.74) is 2.11. The van der Waals surface area contributed by atoms with Crippen molar-refractivity contribution < 1.29 is 14.3 Å². The number of allylic oxidation sites excluding steroid dienone is 1. The zero-order valence-corrected chi connectivity index (χ0v) is 23.9. The number of anilines is 2. The molecule has 0 saturated heterocycles. The Morgan fingerprint density at radius 1 is 0.811 bits per heavy atom. The summed E-state index contributed by atoms with van der Waals surface area (Å²) in [6, 6.07) is 21.2. The molecular weight excluding hydrogens is 545 g/mol. The van der Waals surface area contributed by atoms with Crippen molar-refractivity contribution in [1.82, 2.24) is 0 Å². The van der Waals surface area contributed by atoms with E-state index in [1.165, 1.54) is 34.5 Å². The zero-order valence-electron chi connectivity index (χ0n) is 20.7. The van der Waals surface area contributed by atoms with Crippen molar-refractivity contribution in [3.8, 4) is 5.75 Å². The Labute approximate surface area is 236 Å². The van der Waals surface area contributed by atoms with E-state index in [1.54, 1.807) is 61.7 Å². The van der Waals surface area contributed by atoms with Gasteiger partial charge in [0.25, 0.3) is 5.91 Å². The Morgan fingerprint density at radius 3 is 1.73 bits per heavy atom. The van der Waals surface area contributed by atoms with E-state index < -0.39 is 5.91 Å². The second-order valence-electron chi connectivity index (χ2n) is 7.59. The molecule has 0 radical (unpaired) electrons. The van der Waals surface area contributed by atoms with Crippen LogP contribution in [0, 0.1) is 0 Å². The molecule has 8 heteroatoms. The van der Waals surface area contributed by atoms with Crippen LogP contribution < -0.4 is 9.64 Å². The number of carbonyl (C=O) groups is 2. The molecule has 0 aliphatic carbocycles. The van der Waals surface area contributed by atoms with Crippen molar-refractivity contribution in [2.75, 3.05) is 23.5 Å². The first-order chi connectivity index (χ1) is 17.9. The summed E-state index contributed by atoms with van der Waals surface area (Å²) in [6.45, 7) is 3.99. The molecule has 0 heterocycles. The number of hydrogen-bond donors (Lipinski definition) is 0. The SMILES string of the molecule is CCSC(SCC)=C(C(=O)/C=C/c1ccc(OC)cc1)C(=O)N(c1ccc(Cl)cc1)c1ccc(Cl)cc1. The molecule has 3 aromatic rings. The molecule has 0 atom stereocenters. The van der Waals surface area contributed by atoms with Crippen molar-refractivity contribution in [3.05, 3.63) is 104 Å². The molecule has 192 valence electrons. The van der Waals surface area contributed by atoms with Crippen LogP contribution in [0.5, 0.6) is 5.75 Å². The third-order valence-electron chi connectivity index (χ3n) is 5.13. The molecular formula is C29H27Cl2NO3S2. The van der Waals surface area contributed by atoms with E-state index in [-0.39, 0.29) is 11.4 Å². The topological polar surface area (TPSA) is 46.6 Å². The number of halogens is 2. The smallest absolute Gasteiger partial charge is 0.268 e. The number of hydrogen-bond acceptors (Lipinski definition) is 5. The molecule has 0 saturated carbocycles. The van der Waals surface area contributed by atoms with Gasteiger partial charge in [0.2, 0.25) is 0 Å². The van der Waals surface area contributed by atoms with Gasteiger partial charge in [0.15, 0.2) is 5.78 Å². The van der Waals surface area contributed by atoms with E-state index in [0.29, 0.717) is 25.7 Å². The fraction of sp³-hybridized carbons (Fsp3) is 0.172. The number of rotatable bonds is 11. The molecule has 0 bridgehead atoms. The lowest BCUT2D eigenvalue weighted by Gasteiger charge is -2.25. The Kier molecular flexibility index (Phi) is 11.2. The van der Waals surface area contributed by atoms with Crippen LogP contribution in [0.25, 0.3) is 6.08 Å². The van der Waals surface area contributed by atoms with Gasteiger partial charge in [-0.25, -0.2) is 0 Å². The summed E-state index contributed by atoms with van der Waals surface area (Å²) >= 11 is 15.2. The molecule has 4 nitrogen and oxygen atoms in total. The van der Waals surface area contributed by atoms with Gasteiger partial charge in [0.05, 0.1) is 11.3 Å². The maximum absolute atomic E-state index is 14.2. The number of benzene rings is 3. The number of nitrogens with zero attached hydrogens (tertiary/aromatic N) is 1. The van der Waals surface area contributed by atoms with E-state index in [1.807, 2.05) is 38.1 Å². The van der Waals surface area contributed by atoms with Gasteiger partial charge in [0.1, 0.15) is 11.3 Å². The van der Waals surface area contributed by atoms with Crippen LogP contribution in [-0.4, -0.2) is 30.3 Å². The molecule has 0 N–H and O–H groups in total. The van der Waals surface area contributed by atoms with Crippen molar-refractivity contribution in [3.63, 3.8) is 0 Å². The largest absolute Gasteiger partial charge is 0.497 e. The van der Waals surface area contributed by atoms with Crippen LogP contribution in [0.2, 0.25) is 10.0 Å². The molecule has 3 rings (SSSR count). The highest BCUT2D eigenvalue weighted by Crippen LogP contribution is 2.36. The van der Waals surface area contributed by atoms with Gasteiger partial charge in [-0.1, -0.05) is 55.3 Å². The Morgan fingerprint density at radius 2 is 1.30 bits per heavy atom. The summed E-state index contributed by atoms with van der Waals surface area (Å²) in [5, 5.41) is 1.09. The number of thioether (sulfide) groups is 2. The normalized spacial score (nSPS) is 10.8. The molecule has 0 fully saturated rings. The number of methoxy groups -OCH3 is 1. The standard InChI is InChI=1S/C29H27Cl2NO3S2/c1-4-36-29(37-5-2)27(26(33)19-8-20-6-17-25(35-3)18-7-20)28(34)32(23-13-9-21(30)10-14-23)24-15-11-22(31)12-16-24/h6-19H,4-5H2,1-3H3/b19-8+. The molecule has 0 aliphatic heterocycles. The van der Waals surface area contributed by atoms with Gasteiger partial charge in [-0.3, -0.25) is 14.5 Å². The first-order valence-corrected chi connectivity index (χ1v) is 14.3. The predicted molar refractivity (Wildman–Crippen MR) is 160 cm³/mol. The van der Waals surface area contributed by atoms with Crippen molar-refractivity contribution in [2.24, 2.45) is 0 Å². The summed E-state index contributed by atoms with van der Waals surface area (Å²) < 4.78 is 5.89. The molecule has 3 aromatic carbocycles. The van der Waals surface area contributed by atoms with Gasteiger partial charge in [0, 0.05) is 21.4 Å². The van der Waals surface area contributed by atoms with Crippen molar-refractivity contribution in [2.45, 2.75) is 13.8 Å². The van der Waals surface area contributed by atoms with Gasteiger partial charge in [-0.15, -0.1) is 23.5 Å². The lowest BCUT2D eigenvalue weighted by Crippen LogP contribution is -2.30. The van der Waals surface area contributed by atoms with Gasteiger partial charge in [-0.2, -0.15) is 0 Å². The summed E-state index contributed by atoms with van der Waals surface area (Å²) in [7, 11) is 1.60. The lowest BCUT2D eigenvalue weighted by molar-refractivity contribution is -0.118. The van der Waals surface area contributed by atoms with Crippen LogP contribution in [0.15, 0.2) is 88.7 Å². The second kappa shape index (κ2) is 14.3. The average molecular weight is 573 g/mol. The summed E-state index contributed by atoms with van der Waals surface area (Å²) in [4.78, 5) is 29.4. The zero-order chi connectivity index (χ0) is 26.8. The average Bonchev–Trinajstić information content (AvgIpc) is 2.90. The number of amides is 1. The monoisotopic (exact) mass is 571 g/mol. The minimum Gasteiger partial charge on any atom is -0.497 e. The molecule has 0 spiro atoms. The van der Waals surface area contributed by atoms with E-state index in [4.69, 9.17) is 27.9 Å². The lowest BCUT2D eigenvalue weighted by atomic mass is 10.1. The highest BCUT2D eigenvalue weighted by Gasteiger charge is 2.29. The third kappa shape index (κ3) is 7.92. The highest BCUT2D eigenvalue weighted by atomic mass is 35.5. The van der Waals surface area contributed by atoms with E-state index >= 15 is 0 Å². The molecule has 0 aromatic heterocycles. The predicted octanol–water partition coefficient (Wildman–Crippen LogP) is 8.67. The van der Waals surface area contributed by atoms with Gasteiger partial charge in [-0.05, 0) is 83.8 Å². The van der Waals surface area contributed by atoms with Crippen LogP contribution in [0.1, 0.15) is 19.4 Å². The van der Waals surface area contributed by atoms with Crippen molar-refractivity contribution in [1.29, 1.82) is 0 Å². The van der Waals surface area contributed by atoms with E-state index in [9.17, 15) is 9.59 Å². The second-order valence-corrected chi connectivity index (χ2v) is 11.3. The van der Waals surface area contributed by atoms with Crippen LogP contribution >= 0.6 is 46.7 Å². The number of ketones is 1. The van der Waals surface area contributed by atoms with Crippen LogP contribution in [0.4, 0.5) is 11.4 Å². The Balaban J connectivity index is 2.11. The Bertz CT molecular complexity index is 1220. The van der Waals surface area contributed by atoms with Crippen LogP contribution in [-0.2, 0) is 9.59 Å². The minimum absolute atomic E-state index is 0.119. The first kappa shape index (κ1) is 28.9. The maximum Gasteiger partial charge on any atom is 0.268 e. The third-order valence-corrected chi connectivity index (χ3v) is 7.85. The fourth-order valence-electron chi connectivity index (χ4n) is 3.39. The summed E-state index contributed by atoms with van der Waals surface area (Å²) in [6.07, 6.45) is 3.15. The number of ether oxygens (including phenoxy) is 1. The quantitative estimate of drug-likeness (QED) is 0.131. The molecule has 0 unspecified atom stereocenters. The maximum atomic E-state index is 14.2. The van der Waals surface area contributed by atoms with E-state index in [0.717, 1.165) is 22.8 Å². The van der Waals surface area contributed by atoms with Crippen LogP contribution in [0.3, 0.4) is 0 Å². The minimum atomic E-state index is -0.425. The molecule has 1 amide bonds. The number of carbonyl (C=O) groups excluding carboxylic acids is 2.